The zero-order valence-corrected chi connectivity index (χ0v) is 12.1. The van der Waals surface area contributed by atoms with Crippen LogP contribution < -0.4 is 10.1 Å². The predicted octanol–water partition coefficient (Wildman–Crippen LogP) is 5.02. The molecule has 0 saturated heterocycles. The average Bonchev–Trinajstić information content (AvgIpc) is 2.47. The normalized spacial score (nSPS) is 12.2. The number of hydrogen-bond donors (Lipinski definition) is 1. The van der Waals surface area contributed by atoms with Crippen LogP contribution in [0.1, 0.15) is 31.0 Å². The molecule has 0 radical (unpaired) electrons. The van der Waals surface area contributed by atoms with Gasteiger partial charge in [-0.05, 0) is 48.7 Å². The highest BCUT2D eigenvalue weighted by Crippen LogP contribution is 2.24. The van der Waals surface area contributed by atoms with Gasteiger partial charge in [0.05, 0.1) is 0 Å². The van der Waals surface area contributed by atoms with Crippen LogP contribution in [0.3, 0.4) is 0 Å². The third-order valence-corrected chi connectivity index (χ3v) is 3.33. The summed E-state index contributed by atoms with van der Waals surface area (Å²) in [5, 5.41) is 3.35. The fourth-order valence-electron chi connectivity index (χ4n) is 2.13. The Morgan fingerprint density at radius 1 is 1.10 bits per heavy atom. The molecule has 0 aliphatic carbocycles. The summed E-state index contributed by atoms with van der Waals surface area (Å²) in [4.78, 5) is 0. The molecule has 21 heavy (non-hydrogen) atoms. The van der Waals surface area contributed by atoms with Gasteiger partial charge in [0.2, 0.25) is 0 Å². The summed E-state index contributed by atoms with van der Waals surface area (Å²) in [5.41, 5.74) is 3.17. The smallest absolute Gasteiger partial charge is 0.387 e. The lowest BCUT2D eigenvalue weighted by atomic mass is 10.1. The standard InChI is InChI=1S/C17H19F2NO/c1-3-13-7-9-15(10-8-13)20-12(2)14-5-4-6-16(11-14)21-17(18)19/h4-12,17,20H,3H2,1-2H3. The van der Waals surface area contributed by atoms with Gasteiger partial charge in [0.25, 0.3) is 0 Å². The van der Waals surface area contributed by atoms with E-state index in [1.807, 2.05) is 25.1 Å². The van der Waals surface area contributed by atoms with Gasteiger partial charge < -0.3 is 10.1 Å². The van der Waals surface area contributed by atoms with E-state index in [0.717, 1.165) is 17.7 Å². The first kappa shape index (κ1) is 15.3. The van der Waals surface area contributed by atoms with E-state index in [-0.39, 0.29) is 11.8 Å². The Morgan fingerprint density at radius 3 is 2.43 bits per heavy atom. The van der Waals surface area contributed by atoms with E-state index in [2.05, 4.69) is 29.1 Å². The molecule has 0 amide bonds. The summed E-state index contributed by atoms with van der Waals surface area (Å²) in [6, 6.07) is 14.9. The van der Waals surface area contributed by atoms with E-state index in [4.69, 9.17) is 0 Å². The van der Waals surface area contributed by atoms with Crippen LogP contribution >= 0.6 is 0 Å². The van der Waals surface area contributed by atoms with E-state index >= 15 is 0 Å². The van der Waals surface area contributed by atoms with Gasteiger partial charge in [0.15, 0.2) is 0 Å². The first-order valence-corrected chi connectivity index (χ1v) is 6.98. The van der Waals surface area contributed by atoms with Crippen LogP contribution in [0.15, 0.2) is 48.5 Å². The summed E-state index contributed by atoms with van der Waals surface area (Å²) in [6.07, 6.45) is 1.00. The molecular formula is C17H19F2NO. The lowest BCUT2D eigenvalue weighted by Gasteiger charge is -2.17. The Kier molecular flexibility index (Phi) is 5.14. The summed E-state index contributed by atoms with van der Waals surface area (Å²) < 4.78 is 28.9. The van der Waals surface area contributed by atoms with E-state index in [1.54, 1.807) is 12.1 Å². The first-order valence-electron chi connectivity index (χ1n) is 6.98. The largest absolute Gasteiger partial charge is 0.435 e. The van der Waals surface area contributed by atoms with Crippen molar-refractivity contribution in [2.24, 2.45) is 0 Å². The summed E-state index contributed by atoms with van der Waals surface area (Å²) in [5.74, 6) is 0.178. The molecule has 0 spiro atoms. The van der Waals surface area contributed by atoms with Gasteiger partial charge in [-0.15, -0.1) is 0 Å². The van der Waals surface area contributed by atoms with Gasteiger partial charge in [-0.25, -0.2) is 0 Å². The molecule has 0 aromatic heterocycles. The van der Waals surface area contributed by atoms with Crippen molar-refractivity contribution in [2.75, 3.05) is 5.32 Å². The molecule has 1 atom stereocenters. The second-order valence-corrected chi connectivity index (χ2v) is 4.87. The van der Waals surface area contributed by atoms with Crippen LogP contribution in [0.5, 0.6) is 5.75 Å². The molecule has 2 aromatic carbocycles. The minimum Gasteiger partial charge on any atom is -0.435 e. The van der Waals surface area contributed by atoms with Crippen molar-refractivity contribution in [1.29, 1.82) is 0 Å². The third-order valence-electron chi connectivity index (χ3n) is 3.33. The highest BCUT2D eigenvalue weighted by molar-refractivity contribution is 5.47. The van der Waals surface area contributed by atoms with Gasteiger partial charge >= 0.3 is 6.61 Å². The fourth-order valence-corrected chi connectivity index (χ4v) is 2.13. The van der Waals surface area contributed by atoms with Crippen LogP contribution in [-0.4, -0.2) is 6.61 Å². The van der Waals surface area contributed by atoms with Crippen LogP contribution in [0.25, 0.3) is 0 Å². The third kappa shape index (κ3) is 4.45. The maximum atomic E-state index is 12.2. The fraction of sp³-hybridized carbons (Fsp3) is 0.294. The molecule has 0 bridgehead atoms. The monoisotopic (exact) mass is 291 g/mol. The molecule has 1 N–H and O–H groups in total. The Morgan fingerprint density at radius 2 is 1.81 bits per heavy atom. The predicted molar refractivity (Wildman–Crippen MR) is 80.9 cm³/mol. The van der Waals surface area contributed by atoms with Gasteiger partial charge in [-0.3, -0.25) is 0 Å². The molecule has 1 unspecified atom stereocenters. The topological polar surface area (TPSA) is 21.3 Å². The average molecular weight is 291 g/mol. The molecule has 0 aliphatic rings. The summed E-state index contributed by atoms with van der Waals surface area (Å²) in [6.45, 7) is 1.29. The van der Waals surface area contributed by atoms with Gasteiger partial charge in [-0.2, -0.15) is 8.78 Å². The number of halogens is 2. The number of anilines is 1. The Bertz CT molecular complexity index is 569. The maximum Gasteiger partial charge on any atom is 0.387 e. The number of benzene rings is 2. The zero-order chi connectivity index (χ0) is 15.2. The molecule has 2 rings (SSSR count). The van der Waals surface area contributed by atoms with Gasteiger partial charge in [0.1, 0.15) is 5.75 Å². The Labute approximate surface area is 123 Å². The Balaban J connectivity index is 2.06. The molecular weight excluding hydrogens is 272 g/mol. The van der Waals surface area contributed by atoms with Crippen LogP contribution in [0.2, 0.25) is 0 Å². The van der Waals surface area contributed by atoms with E-state index in [0.29, 0.717) is 0 Å². The van der Waals surface area contributed by atoms with Crippen molar-refractivity contribution in [1.82, 2.24) is 0 Å². The molecule has 112 valence electrons. The maximum absolute atomic E-state index is 12.2. The van der Waals surface area contributed by atoms with Crippen molar-refractivity contribution in [3.05, 3.63) is 59.7 Å². The van der Waals surface area contributed by atoms with Crippen LogP contribution in [-0.2, 0) is 6.42 Å². The van der Waals surface area contributed by atoms with Gasteiger partial charge in [-0.1, -0.05) is 31.2 Å². The van der Waals surface area contributed by atoms with Crippen LogP contribution in [0.4, 0.5) is 14.5 Å². The zero-order valence-electron chi connectivity index (χ0n) is 12.1. The van der Waals surface area contributed by atoms with E-state index < -0.39 is 6.61 Å². The molecule has 2 aromatic rings. The van der Waals surface area contributed by atoms with Crippen molar-refractivity contribution >= 4 is 5.69 Å². The lowest BCUT2D eigenvalue weighted by molar-refractivity contribution is -0.0498. The van der Waals surface area contributed by atoms with Crippen molar-refractivity contribution in [3.8, 4) is 5.75 Å². The first-order chi connectivity index (χ1) is 10.1. The quantitative estimate of drug-likeness (QED) is 0.806. The minimum absolute atomic E-state index is 0.00120. The molecule has 0 heterocycles. The van der Waals surface area contributed by atoms with E-state index in [9.17, 15) is 8.78 Å². The number of ether oxygens (including phenoxy) is 1. The van der Waals surface area contributed by atoms with E-state index in [1.165, 1.54) is 11.6 Å². The van der Waals surface area contributed by atoms with Gasteiger partial charge in [0, 0.05) is 11.7 Å². The molecule has 0 saturated carbocycles. The number of alkyl halides is 2. The van der Waals surface area contributed by atoms with Crippen molar-refractivity contribution in [3.63, 3.8) is 0 Å². The Hall–Kier alpha value is -2.10. The number of rotatable bonds is 6. The second-order valence-electron chi connectivity index (χ2n) is 4.87. The molecule has 4 heteroatoms. The number of aryl methyl sites for hydroxylation is 1. The van der Waals surface area contributed by atoms with Crippen molar-refractivity contribution < 1.29 is 13.5 Å². The highest BCUT2D eigenvalue weighted by Gasteiger charge is 2.09. The summed E-state index contributed by atoms with van der Waals surface area (Å²) in [7, 11) is 0. The number of nitrogens with one attached hydrogen (secondary N) is 1. The SMILES string of the molecule is CCc1ccc(NC(C)c2cccc(OC(F)F)c2)cc1. The number of hydrogen-bond acceptors (Lipinski definition) is 2. The minimum atomic E-state index is -2.80. The second kappa shape index (κ2) is 7.07. The van der Waals surface area contributed by atoms with Crippen molar-refractivity contribution in [2.45, 2.75) is 32.9 Å². The highest BCUT2D eigenvalue weighted by atomic mass is 19.3. The molecule has 2 nitrogen and oxygen atoms in total. The molecule has 0 aliphatic heterocycles. The lowest BCUT2D eigenvalue weighted by Crippen LogP contribution is -2.08. The van der Waals surface area contributed by atoms with Crippen LogP contribution in [0, 0.1) is 0 Å². The molecule has 0 fully saturated rings. The summed E-state index contributed by atoms with van der Waals surface area (Å²) >= 11 is 0.